The molecule has 0 aromatic carbocycles. The minimum Gasteiger partial charge on any atom is -0.393 e. The SMILES string of the molecule is C[C@H](CN1CCOCC1)[C@H]1CC=C2C3=C(CC[C@@]21C)[C@@]1(C)CCC(O)C(C)(C)C1CC3. The molecule has 2 unspecified atom stereocenters. The number of fused-ring (bicyclic) bond motifs is 4. The standard InChI is InChI=1S/C28H45NO2/c1-19(18-29-14-16-31-17-15-29)21-7-8-22-20-6-9-24-26(2,3)25(30)11-13-28(24,5)23(20)10-12-27(21,22)4/h8,19,21,24-25,30H,6-7,9-18H2,1-5H3/t19-,21-,24?,25?,27-,28-/m1/s1. The Kier molecular flexibility index (Phi) is 5.51. The van der Waals surface area contributed by atoms with Crippen molar-refractivity contribution in [2.24, 2.45) is 34.0 Å². The number of aliphatic hydroxyl groups excluding tert-OH is 1. The highest BCUT2D eigenvalue weighted by Crippen LogP contribution is 2.66. The van der Waals surface area contributed by atoms with Gasteiger partial charge in [-0.05, 0) is 90.1 Å². The fourth-order valence-electron chi connectivity index (χ4n) is 8.89. The van der Waals surface area contributed by atoms with E-state index in [4.69, 9.17) is 4.74 Å². The topological polar surface area (TPSA) is 32.7 Å². The third kappa shape index (κ3) is 3.32. The van der Waals surface area contributed by atoms with Gasteiger partial charge in [-0.3, -0.25) is 4.90 Å². The number of morpholine rings is 1. The first-order valence-electron chi connectivity index (χ1n) is 13.1. The Morgan fingerprint density at radius 1 is 1.06 bits per heavy atom. The molecule has 2 fully saturated rings. The van der Waals surface area contributed by atoms with Crippen molar-refractivity contribution < 1.29 is 9.84 Å². The number of rotatable bonds is 3. The Morgan fingerprint density at radius 3 is 2.55 bits per heavy atom. The van der Waals surface area contributed by atoms with Gasteiger partial charge in [0, 0.05) is 19.6 Å². The quantitative estimate of drug-likeness (QED) is 0.637. The monoisotopic (exact) mass is 427 g/mol. The van der Waals surface area contributed by atoms with E-state index in [2.05, 4.69) is 45.6 Å². The third-order valence-corrected chi connectivity index (χ3v) is 10.8. The smallest absolute Gasteiger partial charge is 0.0594 e. The molecule has 0 spiro atoms. The molecule has 1 saturated heterocycles. The second-order valence-corrected chi connectivity index (χ2v) is 12.6. The number of aliphatic hydroxyl groups is 1. The van der Waals surface area contributed by atoms with Gasteiger partial charge in [0.15, 0.2) is 0 Å². The van der Waals surface area contributed by atoms with Crippen molar-refractivity contribution in [3.05, 3.63) is 22.8 Å². The average molecular weight is 428 g/mol. The van der Waals surface area contributed by atoms with Gasteiger partial charge in [0.1, 0.15) is 0 Å². The highest BCUT2D eigenvalue weighted by molar-refractivity contribution is 5.49. The number of allylic oxidation sites excluding steroid dienone is 4. The highest BCUT2D eigenvalue weighted by atomic mass is 16.5. The first-order chi connectivity index (χ1) is 14.7. The summed E-state index contributed by atoms with van der Waals surface area (Å²) >= 11 is 0. The molecule has 174 valence electrons. The van der Waals surface area contributed by atoms with E-state index in [0.717, 1.165) is 44.6 Å². The van der Waals surface area contributed by atoms with Crippen molar-refractivity contribution in [3.63, 3.8) is 0 Å². The predicted octanol–water partition coefficient (Wildman–Crippen LogP) is 5.59. The third-order valence-electron chi connectivity index (χ3n) is 10.8. The molecule has 0 aromatic rings. The minimum atomic E-state index is -0.141. The van der Waals surface area contributed by atoms with Crippen LogP contribution < -0.4 is 0 Å². The zero-order chi connectivity index (χ0) is 22.0. The van der Waals surface area contributed by atoms with Crippen molar-refractivity contribution in [3.8, 4) is 0 Å². The molecule has 0 bridgehead atoms. The van der Waals surface area contributed by atoms with Crippen LogP contribution in [0.4, 0.5) is 0 Å². The fourth-order valence-corrected chi connectivity index (χ4v) is 8.89. The molecule has 0 aromatic heterocycles. The van der Waals surface area contributed by atoms with Crippen LogP contribution in [0.15, 0.2) is 22.8 Å². The van der Waals surface area contributed by atoms with Crippen LogP contribution in [0.3, 0.4) is 0 Å². The first-order valence-corrected chi connectivity index (χ1v) is 13.1. The molecule has 3 heteroatoms. The van der Waals surface area contributed by atoms with Crippen LogP contribution in [0.1, 0.15) is 79.6 Å². The zero-order valence-electron chi connectivity index (χ0n) is 20.7. The zero-order valence-corrected chi connectivity index (χ0v) is 20.7. The van der Waals surface area contributed by atoms with Crippen molar-refractivity contribution >= 4 is 0 Å². The van der Waals surface area contributed by atoms with Crippen LogP contribution in [-0.2, 0) is 4.74 Å². The molecule has 1 saturated carbocycles. The number of hydrogen-bond donors (Lipinski definition) is 1. The van der Waals surface area contributed by atoms with Crippen molar-refractivity contribution in [2.45, 2.75) is 85.7 Å². The molecule has 4 aliphatic carbocycles. The van der Waals surface area contributed by atoms with E-state index >= 15 is 0 Å². The molecule has 0 radical (unpaired) electrons. The largest absolute Gasteiger partial charge is 0.393 e. The molecule has 3 nitrogen and oxygen atoms in total. The normalized spacial score (nSPS) is 43.7. The maximum Gasteiger partial charge on any atom is 0.0594 e. The first kappa shape index (κ1) is 22.2. The van der Waals surface area contributed by atoms with Crippen molar-refractivity contribution in [1.82, 2.24) is 4.90 Å². The minimum absolute atomic E-state index is 0.0333. The lowest BCUT2D eigenvalue weighted by atomic mass is 9.46. The molecule has 1 N–H and O–H groups in total. The summed E-state index contributed by atoms with van der Waals surface area (Å²) in [4.78, 5) is 2.63. The van der Waals surface area contributed by atoms with Crippen LogP contribution in [-0.4, -0.2) is 49.0 Å². The van der Waals surface area contributed by atoms with Gasteiger partial charge in [-0.2, -0.15) is 0 Å². The maximum atomic E-state index is 10.8. The molecule has 5 aliphatic rings. The van der Waals surface area contributed by atoms with E-state index in [0.29, 0.717) is 11.3 Å². The molecular weight excluding hydrogens is 382 g/mol. The summed E-state index contributed by atoms with van der Waals surface area (Å²) in [6.45, 7) is 17.5. The highest BCUT2D eigenvalue weighted by Gasteiger charge is 2.57. The van der Waals surface area contributed by atoms with Crippen LogP contribution in [0.25, 0.3) is 0 Å². The van der Waals surface area contributed by atoms with Gasteiger partial charge in [-0.25, -0.2) is 0 Å². The average Bonchev–Trinajstić information content (AvgIpc) is 3.09. The summed E-state index contributed by atoms with van der Waals surface area (Å²) in [5, 5.41) is 10.8. The van der Waals surface area contributed by atoms with E-state index in [1.54, 1.807) is 16.7 Å². The van der Waals surface area contributed by atoms with Crippen LogP contribution in [0.5, 0.6) is 0 Å². The molecule has 1 aliphatic heterocycles. The predicted molar refractivity (Wildman–Crippen MR) is 127 cm³/mol. The Labute approximate surface area is 190 Å². The Morgan fingerprint density at radius 2 is 1.81 bits per heavy atom. The summed E-state index contributed by atoms with van der Waals surface area (Å²) in [6, 6.07) is 0. The van der Waals surface area contributed by atoms with Gasteiger partial charge >= 0.3 is 0 Å². The lowest BCUT2D eigenvalue weighted by molar-refractivity contribution is -0.0905. The van der Waals surface area contributed by atoms with Crippen LogP contribution in [0, 0.1) is 34.0 Å². The summed E-state index contributed by atoms with van der Waals surface area (Å²) in [7, 11) is 0. The lowest BCUT2D eigenvalue weighted by Crippen LogP contribution is -2.53. The summed E-state index contributed by atoms with van der Waals surface area (Å²) in [5.41, 5.74) is 5.95. The number of hydrogen-bond acceptors (Lipinski definition) is 3. The summed E-state index contributed by atoms with van der Waals surface area (Å²) < 4.78 is 5.57. The van der Waals surface area contributed by atoms with Crippen LogP contribution >= 0.6 is 0 Å². The molecule has 1 heterocycles. The van der Waals surface area contributed by atoms with Crippen LogP contribution in [0.2, 0.25) is 0 Å². The van der Waals surface area contributed by atoms with E-state index in [1.165, 1.54) is 45.1 Å². The van der Waals surface area contributed by atoms with Crippen molar-refractivity contribution in [1.29, 1.82) is 0 Å². The Bertz CT molecular complexity index is 776. The molecule has 0 amide bonds. The Balaban J connectivity index is 1.40. The summed E-state index contributed by atoms with van der Waals surface area (Å²) in [6.07, 6.45) is 11.0. The summed E-state index contributed by atoms with van der Waals surface area (Å²) in [5.74, 6) is 2.12. The fraction of sp³-hybridized carbons (Fsp3) is 0.857. The van der Waals surface area contributed by atoms with Gasteiger partial charge in [0.05, 0.1) is 19.3 Å². The van der Waals surface area contributed by atoms with Gasteiger partial charge in [0.25, 0.3) is 0 Å². The molecule has 6 atom stereocenters. The lowest BCUT2D eigenvalue weighted by Gasteiger charge is -2.59. The van der Waals surface area contributed by atoms with Gasteiger partial charge in [-0.1, -0.05) is 46.3 Å². The van der Waals surface area contributed by atoms with Gasteiger partial charge in [0.2, 0.25) is 0 Å². The Hall–Kier alpha value is -0.640. The van der Waals surface area contributed by atoms with E-state index in [1.807, 2.05) is 0 Å². The van der Waals surface area contributed by atoms with E-state index in [9.17, 15) is 5.11 Å². The molecular formula is C28H45NO2. The van der Waals surface area contributed by atoms with E-state index in [-0.39, 0.29) is 16.9 Å². The second-order valence-electron chi connectivity index (χ2n) is 12.6. The second kappa shape index (κ2) is 7.71. The molecule has 5 rings (SSSR count). The van der Waals surface area contributed by atoms with Crippen molar-refractivity contribution in [2.75, 3.05) is 32.8 Å². The van der Waals surface area contributed by atoms with Gasteiger partial charge in [-0.15, -0.1) is 0 Å². The van der Waals surface area contributed by atoms with E-state index < -0.39 is 0 Å². The number of nitrogens with zero attached hydrogens (tertiary/aromatic N) is 1. The maximum absolute atomic E-state index is 10.8. The molecule has 31 heavy (non-hydrogen) atoms. The van der Waals surface area contributed by atoms with Gasteiger partial charge < -0.3 is 9.84 Å². The number of ether oxygens (including phenoxy) is 1.